The fourth-order valence-corrected chi connectivity index (χ4v) is 4.48. The van der Waals surface area contributed by atoms with E-state index in [4.69, 9.17) is 0 Å². The zero-order valence-corrected chi connectivity index (χ0v) is 18.6. The minimum Gasteiger partial charge on any atom is -0.354 e. The highest BCUT2D eigenvalue weighted by molar-refractivity contribution is 5.96. The standard InChI is InChI=1S/C24H33N5O2/c1-3-17(2)21(22(30)25-14-13-18-9-5-4-6-10-18)27-24(31)29-16-15-28-20-12-8-7-11-19(20)26-23(28)29/h7-9,11-12,17,21H,3-6,10,13-16H2,1-2H3,(H,25,30)(H,27,31)/t17-,21+/m1/s1. The molecule has 166 valence electrons. The molecule has 0 fully saturated rings. The van der Waals surface area contributed by atoms with Crippen molar-refractivity contribution in [2.45, 2.75) is 65.0 Å². The number of rotatable bonds is 7. The number of fused-ring (bicyclic) bond motifs is 3. The van der Waals surface area contributed by atoms with Gasteiger partial charge in [-0.25, -0.2) is 9.78 Å². The summed E-state index contributed by atoms with van der Waals surface area (Å²) in [6.07, 6.45) is 8.80. The molecular formula is C24H33N5O2. The molecule has 2 N–H and O–H groups in total. The van der Waals surface area contributed by atoms with Crippen LogP contribution in [0.15, 0.2) is 35.9 Å². The van der Waals surface area contributed by atoms with Gasteiger partial charge in [0.15, 0.2) is 0 Å². The number of carbonyl (C=O) groups is 2. The molecule has 7 heteroatoms. The van der Waals surface area contributed by atoms with Crippen molar-refractivity contribution in [3.8, 4) is 0 Å². The molecule has 0 spiro atoms. The first-order chi connectivity index (χ1) is 15.1. The average molecular weight is 424 g/mol. The Morgan fingerprint density at radius 3 is 2.81 bits per heavy atom. The summed E-state index contributed by atoms with van der Waals surface area (Å²) >= 11 is 0. The average Bonchev–Trinajstić information content (AvgIpc) is 3.37. The van der Waals surface area contributed by atoms with Gasteiger partial charge in [0, 0.05) is 19.6 Å². The van der Waals surface area contributed by atoms with Crippen LogP contribution >= 0.6 is 0 Å². The lowest BCUT2D eigenvalue weighted by Crippen LogP contribution is -2.54. The van der Waals surface area contributed by atoms with Gasteiger partial charge in [0.05, 0.1) is 11.0 Å². The van der Waals surface area contributed by atoms with Gasteiger partial charge in [-0.15, -0.1) is 0 Å². The number of imidazole rings is 1. The van der Waals surface area contributed by atoms with Crippen molar-refractivity contribution in [2.24, 2.45) is 5.92 Å². The zero-order valence-electron chi connectivity index (χ0n) is 18.6. The fourth-order valence-electron chi connectivity index (χ4n) is 4.48. The van der Waals surface area contributed by atoms with Crippen LogP contribution in [-0.2, 0) is 11.3 Å². The summed E-state index contributed by atoms with van der Waals surface area (Å²) in [4.78, 5) is 32.3. The summed E-state index contributed by atoms with van der Waals surface area (Å²) in [5.74, 6) is 0.581. The van der Waals surface area contributed by atoms with E-state index in [0.717, 1.165) is 36.7 Å². The highest BCUT2D eigenvalue weighted by Crippen LogP contribution is 2.27. The maximum absolute atomic E-state index is 13.1. The van der Waals surface area contributed by atoms with Gasteiger partial charge in [-0.05, 0) is 50.2 Å². The fraction of sp³-hybridized carbons (Fsp3) is 0.542. The molecule has 1 aromatic heterocycles. The summed E-state index contributed by atoms with van der Waals surface area (Å²) < 4.78 is 2.06. The molecule has 1 aliphatic heterocycles. The molecule has 31 heavy (non-hydrogen) atoms. The predicted octanol–water partition coefficient (Wildman–Crippen LogP) is 3.99. The number of carbonyl (C=O) groups excluding carboxylic acids is 2. The third-order valence-electron chi connectivity index (χ3n) is 6.57. The van der Waals surface area contributed by atoms with Crippen LogP contribution in [0.1, 0.15) is 52.4 Å². The molecule has 2 aliphatic rings. The highest BCUT2D eigenvalue weighted by Gasteiger charge is 2.32. The molecule has 0 saturated heterocycles. The smallest absolute Gasteiger partial charge is 0.324 e. The quantitative estimate of drug-likeness (QED) is 0.661. The Morgan fingerprint density at radius 1 is 1.19 bits per heavy atom. The Bertz CT molecular complexity index is 980. The normalized spacial score (nSPS) is 17.7. The summed E-state index contributed by atoms with van der Waals surface area (Å²) in [5, 5.41) is 6.04. The van der Waals surface area contributed by atoms with Gasteiger partial charge in [0.1, 0.15) is 6.04 Å². The first kappa shape index (κ1) is 21.4. The van der Waals surface area contributed by atoms with Gasteiger partial charge < -0.3 is 15.2 Å². The Hall–Kier alpha value is -2.83. The maximum Gasteiger partial charge on any atom is 0.324 e. The van der Waals surface area contributed by atoms with Gasteiger partial charge >= 0.3 is 6.03 Å². The number of nitrogens with zero attached hydrogens (tertiary/aromatic N) is 3. The van der Waals surface area contributed by atoms with Crippen molar-refractivity contribution < 1.29 is 9.59 Å². The van der Waals surface area contributed by atoms with Crippen molar-refractivity contribution >= 4 is 28.9 Å². The van der Waals surface area contributed by atoms with Crippen LogP contribution in [0.4, 0.5) is 10.7 Å². The van der Waals surface area contributed by atoms with E-state index in [1.54, 1.807) is 4.90 Å². The summed E-state index contributed by atoms with van der Waals surface area (Å²) in [6.45, 7) is 5.93. The molecule has 0 saturated carbocycles. The lowest BCUT2D eigenvalue weighted by molar-refractivity contribution is -0.124. The van der Waals surface area contributed by atoms with E-state index < -0.39 is 6.04 Å². The summed E-state index contributed by atoms with van der Waals surface area (Å²) in [5.41, 5.74) is 3.34. The molecule has 7 nitrogen and oxygen atoms in total. The van der Waals surface area contributed by atoms with Crippen molar-refractivity contribution in [1.82, 2.24) is 20.2 Å². The Morgan fingerprint density at radius 2 is 2.03 bits per heavy atom. The third kappa shape index (κ3) is 4.60. The van der Waals surface area contributed by atoms with Crippen molar-refractivity contribution in [3.05, 3.63) is 35.9 Å². The zero-order chi connectivity index (χ0) is 21.8. The summed E-state index contributed by atoms with van der Waals surface area (Å²) in [6, 6.07) is 7.08. The topological polar surface area (TPSA) is 79.3 Å². The van der Waals surface area contributed by atoms with E-state index in [1.165, 1.54) is 18.4 Å². The highest BCUT2D eigenvalue weighted by atomic mass is 16.2. The molecule has 0 unspecified atom stereocenters. The number of aromatic nitrogens is 2. The molecule has 2 atom stereocenters. The number of anilines is 1. The molecule has 2 aromatic rings. The Balaban J connectivity index is 1.40. The number of para-hydroxylation sites is 2. The molecule has 4 rings (SSSR count). The van der Waals surface area contributed by atoms with Crippen molar-refractivity contribution in [2.75, 3.05) is 18.0 Å². The summed E-state index contributed by atoms with van der Waals surface area (Å²) in [7, 11) is 0. The van der Waals surface area contributed by atoms with E-state index in [9.17, 15) is 9.59 Å². The van der Waals surface area contributed by atoms with E-state index >= 15 is 0 Å². The Labute approximate surface area is 183 Å². The molecule has 2 heterocycles. The SMILES string of the molecule is CC[C@@H](C)[C@H](NC(=O)N1CCn2c1nc1ccccc12)C(=O)NCCC1=CCCCC1. The van der Waals surface area contributed by atoms with Crippen molar-refractivity contribution in [1.29, 1.82) is 0 Å². The largest absolute Gasteiger partial charge is 0.354 e. The minimum atomic E-state index is -0.559. The van der Waals surface area contributed by atoms with Gasteiger partial charge in [0.25, 0.3) is 0 Å². The van der Waals surface area contributed by atoms with E-state index in [1.807, 2.05) is 38.1 Å². The van der Waals surface area contributed by atoms with Crippen LogP contribution in [0, 0.1) is 5.92 Å². The lowest BCUT2D eigenvalue weighted by Gasteiger charge is -2.26. The number of urea groups is 1. The second-order valence-corrected chi connectivity index (χ2v) is 8.67. The monoisotopic (exact) mass is 423 g/mol. The number of benzene rings is 1. The first-order valence-corrected chi connectivity index (χ1v) is 11.6. The molecule has 3 amide bonds. The third-order valence-corrected chi connectivity index (χ3v) is 6.57. The second-order valence-electron chi connectivity index (χ2n) is 8.67. The van der Waals surface area contributed by atoms with Crippen LogP contribution in [0.5, 0.6) is 0 Å². The van der Waals surface area contributed by atoms with Gasteiger partial charge in [-0.3, -0.25) is 9.69 Å². The van der Waals surface area contributed by atoms with Crippen LogP contribution in [0.25, 0.3) is 11.0 Å². The lowest BCUT2D eigenvalue weighted by atomic mass is 9.96. The molecule has 0 bridgehead atoms. The Kier molecular flexibility index (Phi) is 6.59. The van der Waals surface area contributed by atoms with Crippen LogP contribution < -0.4 is 15.5 Å². The van der Waals surface area contributed by atoms with Crippen LogP contribution in [0.3, 0.4) is 0 Å². The van der Waals surface area contributed by atoms with E-state index in [2.05, 4.69) is 26.3 Å². The first-order valence-electron chi connectivity index (χ1n) is 11.6. The van der Waals surface area contributed by atoms with E-state index in [0.29, 0.717) is 25.6 Å². The number of nitrogens with one attached hydrogen (secondary N) is 2. The molecule has 0 radical (unpaired) electrons. The minimum absolute atomic E-state index is 0.0410. The number of hydrogen-bond acceptors (Lipinski definition) is 3. The van der Waals surface area contributed by atoms with Crippen LogP contribution in [-0.4, -0.2) is 40.6 Å². The number of allylic oxidation sites excluding steroid dienone is 1. The maximum atomic E-state index is 13.1. The van der Waals surface area contributed by atoms with Gasteiger partial charge in [-0.1, -0.05) is 44.1 Å². The number of hydrogen-bond donors (Lipinski definition) is 2. The molecular weight excluding hydrogens is 390 g/mol. The molecule has 1 aliphatic carbocycles. The second kappa shape index (κ2) is 9.54. The van der Waals surface area contributed by atoms with Gasteiger partial charge in [0.2, 0.25) is 11.9 Å². The van der Waals surface area contributed by atoms with Crippen LogP contribution in [0.2, 0.25) is 0 Å². The molecule has 1 aromatic carbocycles. The van der Waals surface area contributed by atoms with Gasteiger partial charge in [-0.2, -0.15) is 0 Å². The predicted molar refractivity (Wildman–Crippen MR) is 123 cm³/mol. The number of amides is 3. The van der Waals surface area contributed by atoms with E-state index in [-0.39, 0.29) is 17.9 Å². The van der Waals surface area contributed by atoms with Crippen molar-refractivity contribution in [3.63, 3.8) is 0 Å².